The monoisotopic (exact) mass is 480 g/mol. The van der Waals surface area contributed by atoms with Crippen molar-refractivity contribution in [2.75, 3.05) is 18.6 Å². The van der Waals surface area contributed by atoms with Crippen LogP contribution < -0.4 is 4.74 Å². The maximum Gasteiger partial charge on any atom is 0.302 e. The van der Waals surface area contributed by atoms with E-state index in [9.17, 15) is 21.6 Å². The molecule has 1 fully saturated rings. The van der Waals surface area contributed by atoms with E-state index in [1.807, 2.05) is 0 Å². The Bertz CT molecular complexity index is 1160. The molecule has 2 aromatic carbocycles. The van der Waals surface area contributed by atoms with Crippen LogP contribution in [0.25, 0.3) is 0 Å². The number of benzene rings is 2. The predicted octanol–water partition coefficient (Wildman–Crippen LogP) is 3.28. The molecule has 1 saturated heterocycles. The van der Waals surface area contributed by atoms with E-state index in [0.717, 1.165) is 0 Å². The first-order valence-corrected chi connectivity index (χ1v) is 13.7. The number of rotatable bonds is 7. The second-order valence-corrected chi connectivity index (χ2v) is 12.4. The van der Waals surface area contributed by atoms with Crippen LogP contribution >= 0.6 is 0 Å². The highest BCUT2D eigenvalue weighted by Crippen LogP contribution is 2.42. The molecule has 2 atom stereocenters. The third-order valence-corrected chi connectivity index (χ3v) is 9.76. The quantitative estimate of drug-likeness (QED) is 0.560. The lowest BCUT2D eigenvalue weighted by Gasteiger charge is -2.35. The molecule has 0 bridgehead atoms. The van der Waals surface area contributed by atoms with Gasteiger partial charge >= 0.3 is 5.97 Å². The molecule has 0 spiro atoms. The Hall–Kier alpha value is -2.39. The van der Waals surface area contributed by atoms with E-state index in [1.54, 1.807) is 43.3 Å². The number of ether oxygens (including phenoxy) is 2. The first-order valence-electron chi connectivity index (χ1n) is 10.4. The van der Waals surface area contributed by atoms with E-state index in [1.165, 1.54) is 26.2 Å². The lowest BCUT2D eigenvalue weighted by molar-refractivity contribution is -0.149. The van der Waals surface area contributed by atoms with Crippen LogP contribution in [-0.2, 0) is 29.2 Å². The van der Waals surface area contributed by atoms with Crippen LogP contribution in [0.5, 0.6) is 5.75 Å². The number of hydrogen-bond donors (Lipinski definition) is 0. The summed E-state index contributed by atoms with van der Waals surface area (Å²) in [4.78, 5) is 12.2. The van der Waals surface area contributed by atoms with E-state index >= 15 is 0 Å². The van der Waals surface area contributed by atoms with Crippen LogP contribution in [0.1, 0.15) is 36.1 Å². The summed E-state index contributed by atoms with van der Waals surface area (Å²) in [6.07, 6.45) is -0.590. The van der Waals surface area contributed by atoms with Crippen molar-refractivity contribution >= 4 is 25.6 Å². The molecule has 0 radical (unpaired) electrons. The molecule has 2 aromatic rings. The number of carbonyl (C=O) groups is 1. The molecule has 0 aromatic heterocycles. The lowest BCUT2D eigenvalue weighted by atomic mass is 9.89. The molecule has 0 saturated carbocycles. The normalized spacial score (nSPS) is 18.5. The molecular weight excluding hydrogens is 452 g/mol. The zero-order chi connectivity index (χ0) is 23.5. The van der Waals surface area contributed by atoms with E-state index in [-0.39, 0.29) is 29.2 Å². The van der Waals surface area contributed by atoms with Gasteiger partial charge in [-0.05, 0) is 55.0 Å². The Morgan fingerprint density at radius 3 is 2.22 bits per heavy atom. The molecule has 3 rings (SSSR count). The van der Waals surface area contributed by atoms with Crippen molar-refractivity contribution in [2.24, 2.45) is 5.92 Å². The molecule has 0 N–H and O–H groups in total. The minimum absolute atomic E-state index is 0.0649. The summed E-state index contributed by atoms with van der Waals surface area (Å²) in [5, 5.41) is -1.21. The van der Waals surface area contributed by atoms with E-state index < -0.39 is 42.9 Å². The van der Waals surface area contributed by atoms with Gasteiger partial charge < -0.3 is 9.47 Å². The van der Waals surface area contributed by atoms with Crippen LogP contribution in [0.15, 0.2) is 53.4 Å². The van der Waals surface area contributed by atoms with E-state index in [0.29, 0.717) is 16.9 Å². The summed E-state index contributed by atoms with van der Waals surface area (Å²) < 4.78 is 62.9. The fourth-order valence-corrected chi connectivity index (χ4v) is 7.85. The molecule has 0 amide bonds. The maximum absolute atomic E-state index is 13.9. The molecule has 9 heteroatoms. The Morgan fingerprint density at radius 2 is 1.66 bits per heavy atom. The number of sulfone groups is 2. The largest absolute Gasteiger partial charge is 0.496 e. The van der Waals surface area contributed by atoms with Gasteiger partial charge in [-0.1, -0.05) is 30.3 Å². The van der Waals surface area contributed by atoms with Gasteiger partial charge in [0.15, 0.2) is 9.84 Å². The van der Waals surface area contributed by atoms with Crippen molar-refractivity contribution < 1.29 is 31.1 Å². The minimum atomic E-state index is -4.01. The van der Waals surface area contributed by atoms with Gasteiger partial charge in [-0.3, -0.25) is 4.79 Å². The Kier molecular flexibility index (Phi) is 7.29. The van der Waals surface area contributed by atoms with Crippen molar-refractivity contribution in [3.63, 3.8) is 0 Å². The van der Waals surface area contributed by atoms with Crippen molar-refractivity contribution in [2.45, 2.75) is 42.9 Å². The molecule has 7 nitrogen and oxygen atoms in total. The molecule has 1 aliphatic heterocycles. The summed E-state index contributed by atoms with van der Waals surface area (Å²) in [5.41, 5.74) is 1.09. The predicted molar refractivity (Wildman–Crippen MR) is 121 cm³/mol. The third-order valence-electron chi connectivity index (χ3n) is 5.92. The van der Waals surface area contributed by atoms with Gasteiger partial charge in [-0.25, -0.2) is 16.8 Å². The number of hydrogen-bond acceptors (Lipinski definition) is 7. The average molecular weight is 481 g/mol. The highest BCUT2D eigenvalue weighted by Gasteiger charge is 2.44. The SMILES string of the molecule is COc1cccc(C(C(OC(C)=O)C2CCS(=O)(=O)CC2)S(=O)(=O)c2ccccc2)c1C. The topological polar surface area (TPSA) is 104 Å². The average Bonchev–Trinajstić information content (AvgIpc) is 2.75. The van der Waals surface area contributed by atoms with E-state index in [4.69, 9.17) is 9.47 Å². The summed E-state index contributed by atoms with van der Waals surface area (Å²) in [6.45, 7) is 3.00. The second-order valence-electron chi connectivity index (χ2n) is 8.02. The molecular formula is C23H28O7S2. The van der Waals surface area contributed by atoms with Gasteiger partial charge in [0.1, 0.15) is 26.9 Å². The fourth-order valence-electron chi connectivity index (χ4n) is 4.27. The first kappa shape index (κ1) is 24.3. The Balaban J connectivity index is 2.20. The van der Waals surface area contributed by atoms with Crippen LogP contribution in [0.2, 0.25) is 0 Å². The van der Waals surface area contributed by atoms with Crippen LogP contribution in [0.3, 0.4) is 0 Å². The van der Waals surface area contributed by atoms with Crippen LogP contribution in [0.4, 0.5) is 0 Å². The lowest BCUT2D eigenvalue weighted by Crippen LogP contribution is -2.40. The van der Waals surface area contributed by atoms with E-state index in [2.05, 4.69) is 0 Å². The second kappa shape index (κ2) is 9.62. The fraction of sp³-hybridized carbons (Fsp3) is 0.435. The smallest absolute Gasteiger partial charge is 0.302 e. The third kappa shape index (κ3) is 5.15. The van der Waals surface area contributed by atoms with Gasteiger partial charge in [-0.15, -0.1) is 0 Å². The number of carbonyl (C=O) groups excluding carboxylic acids is 1. The summed E-state index contributed by atoms with van der Waals surface area (Å²) in [7, 11) is -5.69. The minimum Gasteiger partial charge on any atom is -0.496 e. The summed E-state index contributed by atoms with van der Waals surface area (Å²) >= 11 is 0. The maximum atomic E-state index is 13.9. The molecule has 2 unspecified atom stereocenters. The van der Waals surface area contributed by atoms with Gasteiger partial charge in [0, 0.05) is 6.92 Å². The first-order chi connectivity index (χ1) is 15.1. The molecule has 174 valence electrons. The van der Waals surface area contributed by atoms with Crippen LogP contribution in [0, 0.1) is 12.8 Å². The van der Waals surface area contributed by atoms with Gasteiger partial charge in [-0.2, -0.15) is 0 Å². The molecule has 32 heavy (non-hydrogen) atoms. The number of methoxy groups -OCH3 is 1. The van der Waals surface area contributed by atoms with Crippen molar-refractivity contribution in [1.29, 1.82) is 0 Å². The molecule has 1 heterocycles. The molecule has 0 aliphatic carbocycles. The van der Waals surface area contributed by atoms with Crippen molar-refractivity contribution in [3.05, 3.63) is 59.7 Å². The molecule has 1 aliphatic rings. The number of esters is 1. The Labute approximate surface area is 189 Å². The van der Waals surface area contributed by atoms with Crippen molar-refractivity contribution in [3.8, 4) is 5.75 Å². The van der Waals surface area contributed by atoms with Crippen LogP contribution in [-0.4, -0.2) is 47.5 Å². The van der Waals surface area contributed by atoms with Gasteiger partial charge in [0.2, 0.25) is 0 Å². The van der Waals surface area contributed by atoms with Gasteiger partial charge in [0.05, 0.1) is 23.5 Å². The highest BCUT2D eigenvalue weighted by atomic mass is 32.2. The highest BCUT2D eigenvalue weighted by molar-refractivity contribution is 7.92. The Morgan fingerprint density at radius 1 is 1.03 bits per heavy atom. The zero-order valence-electron chi connectivity index (χ0n) is 18.4. The van der Waals surface area contributed by atoms with Crippen molar-refractivity contribution in [1.82, 2.24) is 0 Å². The summed E-state index contributed by atoms with van der Waals surface area (Å²) in [6, 6.07) is 13.1. The summed E-state index contributed by atoms with van der Waals surface area (Å²) in [5.74, 6) is -0.646. The standard InChI is InChI=1S/C23H28O7S2/c1-16-20(10-7-11-21(16)29-3)23(32(27,28)19-8-5-4-6-9-19)22(30-17(2)24)18-12-14-31(25,26)15-13-18/h4-11,18,22-23H,12-15H2,1-3H3. The van der Waals surface area contributed by atoms with Gasteiger partial charge in [0.25, 0.3) is 0 Å². The zero-order valence-corrected chi connectivity index (χ0v) is 20.0.